The van der Waals surface area contributed by atoms with Gasteiger partial charge >= 0.3 is 0 Å². The molecule has 0 fully saturated rings. The van der Waals surface area contributed by atoms with E-state index in [1.165, 1.54) is 11.3 Å². The number of nitrogens with one attached hydrogen (secondary N) is 1. The SMILES string of the molecule is CCNCCc1nc2cc(Br)ccc2n1C(C)C. The molecule has 0 spiro atoms. The zero-order valence-corrected chi connectivity index (χ0v) is 12.8. The first-order valence-electron chi connectivity index (χ1n) is 6.50. The van der Waals surface area contributed by atoms with Crippen LogP contribution in [0, 0.1) is 0 Å². The summed E-state index contributed by atoms with van der Waals surface area (Å²) in [5, 5.41) is 3.36. The maximum atomic E-state index is 4.76. The molecule has 1 N–H and O–H groups in total. The molecule has 0 bridgehead atoms. The van der Waals surface area contributed by atoms with Crippen LogP contribution in [-0.2, 0) is 6.42 Å². The quantitative estimate of drug-likeness (QED) is 0.856. The molecule has 0 saturated heterocycles. The van der Waals surface area contributed by atoms with Crippen LogP contribution in [0.4, 0.5) is 0 Å². The van der Waals surface area contributed by atoms with Gasteiger partial charge in [0.25, 0.3) is 0 Å². The molecule has 2 aromatic rings. The average Bonchev–Trinajstić information content (AvgIpc) is 2.66. The van der Waals surface area contributed by atoms with E-state index < -0.39 is 0 Å². The van der Waals surface area contributed by atoms with E-state index >= 15 is 0 Å². The van der Waals surface area contributed by atoms with Gasteiger partial charge < -0.3 is 9.88 Å². The molecule has 0 aliphatic heterocycles. The van der Waals surface area contributed by atoms with E-state index in [1.807, 2.05) is 0 Å². The van der Waals surface area contributed by atoms with Gasteiger partial charge in [-0.3, -0.25) is 0 Å². The summed E-state index contributed by atoms with van der Waals surface area (Å²) in [5.41, 5.74) is 2.30. The van der Waals surface area contributed by atoms with Crippen molar-refractivity contribution in [2.24, 2.45) is 0 Å². The minimum atomic E-state index is 0.438. The standard InChI is InChI=1S/C14H20BrN3/c1-4-16-8-7-14-17-12-9-11(15)5-6-13(12)18(14)10(2)3/h5-6,9-10,16H,4,7-8H2,1-3H3. The predicted molar refractivity (Wildman–Crippen MR) is 80.1 cm³/mol. The first-order chi connectivity index (χ1) is 8.63. The second kappa shape index (κ2) is 5.85. The summed E-state index contributed by atoms with van der Waals surface area (Å²) in [4.78, 5) is 4.76. The van der Waals surface area contributed by atoms with Crippen molar-refractivity contribution in [2.45, 2.75) is 33.2 Å². The number of hydrogen-bond acceptors (Lipinski definition) is 2. The smallest absolute Gasteiger partial charge is 0.111 e. The molecule has 2 rings (SSSR count). The third kappa shape index (κ3) is 2.75. The van der Waals surface area contributed by atoms with Crippen molar-refractivity contribution in [1.29, 1.82) is 0 Å². The van der Waals surface area contributed by atoms with E-state index in [0.717, 1.165) is 29.5 Å². The minimum Gasteiger partial charge on any atom is -0.325 e. The van der Waals surface area contributed by atoms with E-state index in [9.17, 15) is 0 Å². The fourth-order valence-corrected chi connectivity index (χ4v) is 2.60. The van der Waals surface area contributed by atoms with Crippen LogP contribution in [0.5, 0.6) is 0 Å². The highest BCUT2D eigenvalue weighted by molar-refractivity contribution is 9.10. The van der Waals surface area contributed by atoms with Gasteiger partial charge in [0.05, 0.1) is 11.0 Å². The van der Waals surface area contributed by atoms with Gasteiger partial charge in [0.2, 0.25) is 0 Å². The molecule has 0 atom stereocenters. The molecule has 4 heteroatoms. The molecule has 98 valence electrons. The number of halogens is 1. The summed E-state index contributed by atoms with van der Waals surface area (Å²) < 4.78 is 3.42. The molecule has 0 aliphatic rings. The van der Waals surface area contributed by atoms with Crippen LogP contribution in [0.2, 0.25) is 0 Å². The van der Waals surface area contributed by atoms with Crippen LogP contribution in [0.1, 0.15) is 32.6 Å². The second-order valence-corrected chi connectivity index (χ2v) is 5.64. The lowest BCUT2D eigenvalue weighted by Crippen LogP contribution is -2.18. The molecule has 18 heavy (non-hydrogen) atoms. The van der Waals surface area contributed by atoms with Gasteiger partial charge in [-0.25, -0.2) is 4.98 Å². The Bertz CT molecular complexity index is 531. The van der Waals surface area contributed by atoms with Crippen LogP contribution >= 0.6 is 15.9 Å². The third-order valence-electron chi connectivity index (χ3n) is 3.02. The Morgan fingerprint density at radius 2 is 2.17 bits per heavy atom. The summed E-state index contributed by atoms with van der Waals surface area (Å²) in [6.07, 6.45) is 0.971. The lowest BCUT2D eigenvalue weighted by Gasteiger charge is -2.13. The molecule has 0 radical (unpaired) electrons. The van der Waals surface area contributed by atoms with Crippen LogP contribution in [0.25, 0.3) is 11.0 Å². The third-order valence-corrected chi connectivity index (χ3v) is 3.51. The summed E-state index contributed by atoms with van der Waals surface area (Å²) in [5.74, 6) is 1.17. The van der Waals surface area contributed by atoms with Crippen molar-refractivity contribution >= 4 is 27.0 Å². The number of rotatable bonds is 5. The monoisotopic (exact) mass is 309 g/mol. The molecular formula is C14H20BrN3. The number of likely N-dealkylation sites (N-methyl/N-ethyl adjacent to an activating group) is 1. The Hall–Kier alpha value is -0.870. The van der Waals surface area contributed by atoms with Gasteiger partial charge in [-0.2, -0.15) is 0 Å². The predicted octanol–water partition coefficient (Wildman–Crippen LogP) is 3.53. The van der Waals surface area contributed by atoms with Crippen molar-refractivity contribution < 1.29 is 0 Å². The van der Waals surface area contributed by atoms with Crippen LogP contribution in [0.3, 0.4) is 0 Å². The van der Waals surface area contributed by atoms with Crippen molar-refractivity contribution in [2.75, 3.05) is 13.1 Å². The zero-order valence-electron chi connectivity index (χ0n) is 11.2. The van der Waals surface area contributed by atoms with Crippen molar-refractivity contribution in [3.63, 3.8) is 0 Å². The van der Waals surface area contributed by atoms with Crippen LogP contribution in [0.15, 0.2) is 22.7 Å². The highest BCUT2D eigenvalue weighted by Crippen LogP contribution is 2.24. The average molecular weight is 310 g/mol. The summed E-state index contributed by atoms with van der Waals surface area (Å²) >= 11 is 3.51. The van der Waals surface area contributed by atoms with Gasteiger partial charge in [-0.1, -0.05) is 22.9 Å². The fraction of sp³-hybridized carbons (Fsp3) is 0.500. The number of nitrogens with zero attached hydrogens (tertiary/aromatic N) is 2. The van der Waals surface area contributed by atoms with E-state index in [1.54, 1.807) is 0 Å². The molecule has 0 aliphatic carbocycles. The lowest BCUT2D eigenvalue weighted by molar-refractivity contribution is 0.572. The van der Waals surface area contributed by atoms with Crippen molar-refractivity contribution in [3.8, 4) is 0 Å². The Labute approximate surface area is 117 Å². The molecule has 0 saturated carbocycles. The lowest BCUT2D eigenvalue weighted by atomic mass is 10.3. The van der Waals surface area contributed by atoms with E-state index in [-0.39, 0.29) is 0 Å². The number of aromatic nitrogens is 2. The van der Waals surface area contributed by atoms with Crippen LogP contribution < -0.4 is 5.32 Å². The summed E-state index contributed by atoms with van der Waals surface area (Å²) in [6, 6.07) is 6.75. The molecule has 0 amide bonds. The molecule has 0 unspecified atom stereocenters. The number of imidazole rings is 1. The molecule has 1 aromatic heterocycles. The molecular weight excluding hydrogens is 290 g/mol. The topological polar surface area (TPSA) is 29.9 Å². The molecule has 1 aromatic carbocycles. The highest BCUT2D eigenvalue weighted by Gasteiger charge is 2.12. The van der Waals surface area contributed by atoms with Gasteiger partial charge in [-0.15, -0.1) is 0 Å². The fourth-order valence-electron chi connectivity index (χ4n) is 2.25. The van der Waals surface area contributed by atoms with E-state index in [0.29, 0.717) is 6.04 Å². The normalized spacial score (nSPS) is 11.6. The number of hydrogen-bond donors (Lipinski definition) is 1. The van der Waals surface area contributed by atoms with E-state index in [2.05, 4.69) is 64.8 Å². The van der Waals surface area contributed by atoms with Crippen molar-refractivity contribution in [3.05, 3.63) is 28.5 Å². The maximum absolute atomic E-state index is 4.76. The minimum absolute atomic E-state index is 0.438. The van der Waals surface area contributed by atoms with Gasteiger partial charge in [0, 0.05) is 23.5 Å². The maximum Gasteiger partial charge on any atom is 0.111 e. The van der Waals surface area contributed by atoms with Gasteiger partial charge in [0.15, 0.2) is 0 Å². The highest BCUT2D eigenvalue weighted by atomic mass is 79.9. The van der Waals surface area contributed by atoms with E-state index in [4.69, 9.17) is 4.98 Å². The largest absolute Gasteiger partial charge is 0.325 e. The van der Waals surface area contributed by atoms with Crippen LogP contribution in [-0.4, -0.2) is 22.6 Å². The second-order valence-electron chi connectivity index (χ2n) is 4.73. The number of fused-ring (bicyclic) bond motifs is 1. The Balaban J connectivity index is 2.41. The Morgan fingerprint density at radius 1 is 1.39 bits per heavy atom. The summed E-state index contributed by atoms with van der Waals surface area (Å²) in [7, 11) is 0. The van der Waals surface area contributed by atoms with Gasteiger partial charge in [0.1, 0.15) is 5.82 Å². The Morgan fingerprint density at radius 3 is 2.83 bits per heavy atom. The molecule has 3 nitrogen and oxygen atoms in total. The molecule has 1 heterocycles. The Kier molecular flexibility index (Phi) is 4.40. The first-order valence-corrected chi connectivity index (χ1v) is 7.30. The van der Waals surface area contributed by atoms with Crippen molar-refractivity contribution in [1.82, 2.24) is 14.9 Å². The summed E-state index contributed by atoms with van der Waals surface area (Å²) in [6.45, 7) is 8.53. The number of benzene rings is 1. The van der Waals surface area contributed by atoms with Gasteiger partial charge in [-0.05, 0) is 38.6 Å². The zero-order chi connectivity index (χ0) is 13.1. The first kappa shape index (κ1) is 13.6.